The minimum Gasteiger partial charge on any atom is -0.340 e. The van der Waals surface area contributed by atoms with Crippen molar-refractivity contribution < 1.29 is 9.59 Å². The minimum absolute atomic E-state index is 0.0202. The number of amides is 2. The maximum Gasteiger partial charge on any atom is 0.249 e. The molecule has 0 radical (unpaired) electrons. The Hall–Kier alpha value is -1.43. The number of nitrogens with zero attached hydrogens (tertiary/aromatic N) is 2. The number of carbonyl (C=O) groups is 2. The molecule has 1 fully saturated rings. The van der Waals surface area contributed by atoms with Crippen LogP contribution in [-0.2, 0) is 16.1 Å². The van der Waals surface area contributed by atoms with E-state index in [1.54, 1.807) is 36.3 Å². The summed E-state index contributed by atoms with van der Waals surface area (Å²) in [6, 6.07) is -0.436. The Kier molecular flexibility index (Phi) is 3.62. The van der Waals surface area contributed by atoms with Crippen LogP contribution in [0.25, 0.3) is 0 Å². The van der Waals surface area contributed by atoms with Crippen LogP contribution in [0, 0.1) is 6.92 Å². The fraction of sp³-hybridized carbons (Fsp3) is 0.615. The third kappa shape index (κ3) is 2.49. The van der Waals surface area contributed by atoms with E-state index in [1.807, 2.05) is 13.8 Å². The lowest BCUT2D eigenvalue weighted by Gasteiger charge is -2.42. The molecular formula is C13H19N3O2S. The first-order valence-corrected chi connectivity index (χ1v) is 7.23. The van der Waals surface area contributed by atoms with E-state index in [0.717, 1.165) is 9.88 Å². The molecule has 2 rings (SSSR count). The van der Waals surface area contributed by atoms with E-state index in [-0.39, 0.29) is 11.8 Å². The summed E-state index contributed by atoms with van der Waals surface area (Å²) in [6.45, 7) is 7.83. The Morgan fingerprint density at radius 2 is 2.21 bits per heavy atom. The van der Waals surface area contributed by atoms with Gasteiger partial charge in [0.15, 0.2) is 0 Å². The standard InChI is InChI=1S/C13H19N3O2S/c1-5-13(4)12(18)16(8(2)11(17)15-13)7-10-6-14-9(3)19-10/h6,8H,5,7H2,1-4H3,(H,15,17). The van der Waals surface area contributed by atoms with Gasteiger partial charge in [-0.2, -0.15) is 0 Å². The van der Waals surface area contributed by atoms with Crippen molar-refractivity contribution in [3.05, 3.63) is 16.1 Å². The minimum atomic E-state index is -0.788. The summed E-state index contributed by atoms with van der Waals surface area (Å²) in [5, 5.41) is 3.79. The van der Waals surface area contributed by atoms with E-state index >= 15 is 0 Å². The third-order valence-corrected chi connectivity index (χ3v) is 4.58. The van der Waals surface area contributed by atoms with Gasteiger partial charge < -0.3 is 10.2 Å². The van der Waals surface area contributed by atoms with Gasteiger partial charge >= 0.3 is 0 Å². The zero-order valence-corrected chi connectivity index (χ0v) is 12.5. The second-order valence-electron chi connectivity index (χ2n) is 5.13. The molecule has 1 saturated heterocycles. The van der Waals surface area contributed by atoms with Crippen LogP contribution in [0.4, 0.5) is 0 Å². The number of nitrogens with one attached hydrogen (secondary N) is 1. The number of carbonyl (C=O) groups excluding carboxylic acids is 2. The summed E-state index contributed by atoms with van der Waals surface area (Å²) in [4.78, 5) is 31.4. The van der Waals surface area contributed by atoms with Crippen LogP contribution in [-0.4, -0.2) is 33.3 Å². The summed E-state index contributed by atoms with van der Waals surface area (Å²) in [5.74, 6) is -0.113. The average Bonchev–Trinajstić information content (AvgIpc) is 2.78. The molecule has 1 aromatic heterocycles. The quantitative estimate of drug-likeness (QED) is 0.912. The zero-order chi connectivity index (χ0) is 14.2. The highest BCUT2D eigenvalue weighted by Crippen LogP contribution is 2.24. The molecule has 1 N–H and O–H groups in total. The maximum absolute atomic E-state index is 12.5. The van der Waals surface area contributed by atoms with E-state index in [0.29, 0.717) is 13.0 Å². The summed E-state index contributed by atoms with van der Waals surface area (Å²) in [5.41, 5.74) is -0.788. The maximum atomic E-state index is 12.5. The number of aromatic nitrogens is 1. The summed E-state index contributed by atoms with van der Waals surface area (Å²) >= 11 is 1.56. The third-order valence-electron chi connectivity index (χ3n) is 3.68. The van der Waals surface area contributed by atoms with E-state index in [4.69, 9.17) is 0 Å². The predicted molar refractivity (Wildman–Crippen MR) is 73.7 cm³/mol. The molecule has 2 atom stereocenters. The van der Waals surface area contributed by atoms with Gasteiger partial charge in [0.05, 0.1) is 11.6 Å². The molecule has 19 heavy (non-hydrogen) atoms. The molecule has 6 heteroatoms. The largest absolute Gasteiger partial charge is 0.340 e. The lowest BCUT2D eigenvalue weighted by atomic mass is 9.92. The molecule has 2 unspecified atom stereocenters. The van der Waals surface area contributed by atoms with Gasteiger partial charge in [-0.3, -0.25) is 9.59 Å². The normalized spacial score (nSPS) is 27.6. The van der Waals surface area contributed by atoms with Crippen molar-refractivity contribution in [1.82, 2.24) is 15.2 Å². The summed E-state index contributed by atoms with van der Waals surface area (Å²) in [6.07, 6.45) is 2.36. The van der Waals surface area contributed by atoms with Crippen molar-refractivity contribution in [3.8, 4) is 0 Å². The molecule has 2 amide bonds. The van der Waals surface area contributed by atoms with Crippen LogP contribution in [0.15, 0.2) is 6.20 Å². The van der Waals surface area contributed by atoms with Crippen molar-refractivity contribution in [2.45, 2.75) is 52.2 Å². The van der Waals surface area contributed by atoms with Gasteiger partial charge in [-0.25, -0.2) is 4.98 Å². The highest BCUT2D eigenvalue weighted by molar-refractivity contribution is 7.11. The van der Waals surface area contributed by atoms with Gasteiger partial charge in [-0.05, 0) is 27.2 Å². The van der Waals surface area contributed by atoms with Gasteiger partial charge in [0.2, 0.25) is 11.8 Å². The van der Waals surface area contributed by atoms with Crippen molar-refractivity contribution in [2.24, 2.45) is 0 Å². The van der Waals surface area contributed by atoms with Crippen molar-refractivity contribution >= 4 is 23.2 Å². The molecule has 1 aliphatic heterocycles. The van der Waals surface area contributed by atoms with Gasteiger partial charge in [0.1, 0.15) is 11.6 Å². The Bertz CT molecular complexity index is 514. The van der Waals surface area contributed by atoms with Crippen LogP contribution in [0.1, 0.15) is 37.1 Å². The molecule has 0 aliphatic carbocycles. The zero-order valence-electron chi connectivity index (χ0n) is 11.7. The molecule has 0 aromatic carbocycles. The van der Waals surface area contributed by atoms with E-state index < -0.39 is 11.6 Å². The fourth-order valence-electron chi connectivity index (χ4n) is 2.16. The number of hydrogen-bond acceptors (Lipinski definition) is 4. The molecule has 5 nitrogen and oxygen atoms in total. The van der Waals surface area contributed by atoms with E-state index in [2.05, 4.69) is 10.3 Å². The molecule has 0 bridgehead atoms. The second-order valence-corrected chi connectivity index (χ2v) is 6.45. The van der Waals surface area contributed by atoms with Crippen LogP contribution in [0.5, 0.6) is 0 Å². The molecule has 1 aliphatic rings. The highest BCUT2D eigenvalue weighted by Gasteiger charge is 2.45. The number of hydrogen-bond donors (Lipinski definition) is 1. The first kappa shape index (κ1) is 14.0. The second kappa shape index (κ2) is 4.92. The molecule has 2 heterocycles. The molecule has 104 valence electrons. The number of piperazine rings is 1. The van der Waals surface area contributed by atoms with E-state index in [1.165, 1.54) is 0 Å². The van der Waals surface area contributed by atoms with Crippen molar-refractivity contribution in [1.29, 1.82) is 0 Å². The Morgan fingerprint density at radius 1 is 1.53 bits per heavy atom. The number of aryl methyl sites for hydroxylation is 1. The lowest BCUT2D eigenvalue weighted by molar-refractivity contribution is -0.154. The highest BCUT2D eigenvalue weighted by atomic mass is 32.1. The van der Waals surface area contributed by atoms with Crippen molar-refractivity contribution in [3.63, 3.8) is 0 Å². The predicted octanol–water partition coefficient (Wildman–Crippen LogP) is 1.47. The molecule has 1 aromatic rings. The average molecular weight is 281 g/mol. The SMILES string of the molecule is CCC1(C)NC(=O)C(C)N(Cc2cnc(C)s2)C1=O. The summed E-state index contributed by atoms with van der Waals surface area (Å²) in [7, 11) is 0. The Balaban J connectivity index is 2.25. The first-order valence-electron chi connectivity index (χ1n) is 6.42. The smallest absolute Gasteiger partial charge is 0.249 e. The van der Waals surface area contributed by atoms with Crippen LogP contribution in [0.2, 0.25) is 0 Å². The van der Waals surface area contributed by atoms with Crippen molar-refractivity contribution in [2.75, 3.05) is 0 Å². The number of rotatable bonds is 3. The van der Waals surface area contributed by atoms with Crippen LogP contribution < -0.4 is 5.32 Å². The molecular weight excluding hydrogens is 262 g/mol. The Labute approximate surface area is 117 Å². The topological polar surface area (TPSA) is 62.3 Å². The molecule has 0 saturated carbocycles. The first-order chi connectivity index (χ1) is 8.87. The lowest BCUT2D eigenvalue weighted by Crippen LogP contribution is -2.67. The monoisotopic (exact) mass is 281 g/mol. The van der Waals surface area contributed by atoms with Crippen LogP contribution in [0.3, 0.4) is 0 Å². The van der Waals surface area contributed by atoms with Gasteiger partial charge in [0, 0.05) is 11.1 Å². The summed E-state index contributed by atoms with van der Waals surface area (Å²) < 4.78 is 0. The number of thiazole rings is 1. The van der Waals surface area contributed by atoms with Crippen LogP contribution >= 0.6 is 11.3 Å². The van der Waals surface area contributed by atoms with Gasteiger partial charge in [0.25, 0.3) is 0 Å². The van der Waals surface area contributed by atoms with Gasteiger partial charge in [-0.15, -0.1) is 11.3 Å². The van der Waals surface area contributed by atoms with Gasteiger partial charge in [-0.1, -0.05) is 6.92 Å². The Morgan fingerprint density at radius 3 is 2.74 bits per heavy atom. The molecule has 0 spiro atoms. The fourth-order valence-corrected chi connectivity index (χ4v) is 2.95. The van der Waals surface area contributed by atoms with E-state index in [9.17, 15) is 9.59 Å².